The number of carboxylic acid groups (broad SMARTS) is 2. The molecule has 0 aliphatic rings. The van der Waals surface area contributed by atoms with Crippen molar-refractivity contribution < 1.29 is 122 Å². The molecule has 0 fully saturated rings. The number of rotatable bonds is 4. The van der Waals surface area contributed by atoms with E-state index in [9.17, 15) is 19.8 Å². The van der Waals surface area contributed by atoms with Crippen LogP contribution in [0.25, 0.3) is 0 Å². The van der Waals surface area contributed by atoms with Crippen LogP contribution in [0.15, 0.2) is 0 Å². The quantitative estimate of drug-likeness (QED) is 0.430. The third-order valence-corrected chi connectivity index (χ3v) is 0.998. The molecule has 0 radical (unpaired) electrons. The van der Waals surface area contributed by atoms with E-state index < -0.39 is 24.1 Å². The van der Waals surface area contributed by atoms with Gasteiger partial charge in [-0.15, -0.1) is 6.61 Å². The summed E-state index contributed by atoms with van der Waals surface area (Å²) in [5, 5.41) is 43.4. The summed E-state index contributed by atoms with van der Waals surface area (Å²) in [5.74, 6) is -3.83. The van der Waals surface area contributed by atoms with Crippen LogP contribution in [0.2, 0.25) is 0 Å². The van der Waals surface area contributed by atoms with Crippen LogP contribution in [-0.4, -0.2) is 51.5 Å². The van der Waals surface area contributed by atoms with Crippen LogP contribution in [0.4, 0.5) is 0 Å². The van der Waals surface area contributed by atoms with Crippen molar-refractivity contribution in [3.8, 4) is 0 Å². The van der Waals surface area contributed by atoms with Gasteiger partial charge in [-0.05, 0) is 0 Å². The summed E-state index contributed by atoms with van der Waals surface area (Å²) in [5.41, 5.74) is 0. The molecule has 17 heavy (non-hydrogen) atoms. The van der Waals surface area contributed by atoms with Crippen LogP contribution in [0.3, 0.4) is 0 Å². The third kappa shape index (κ3) is 19.9. The van der Waals surface area contributed by atoms with Gasteiger partial charge in [-0.1, -0.05) is 13.3 Å². The summed E-state index contributed by atoms with van der Waals surface area (Å²) in [4.78, 5) is 19.4. The van der Waals surface area contributed by atoms with Gasteiger partial charge in [0.1, 0.15) is 6.10 Å². The smallest absolute Gasteiger partial charge is 0.854 e. The van der Waals surface area contributed by atoms with E-state index in [4.69, 9.17) is 15.3 Å². The van der Waals surface area contributed by atoms with E-state index in [0.29, 0.717) is 0 Å². The van der Waals surface area contributed by atoms with Gasteiger partial charge in [0.25, 0.3) is 0 Å². The Morgan fingerprint density at radius 1 is 1.24 bits per heavy atom. The normalized spacial score (nSPS) is 11.1. The predicted octanol–water partition coefficient (Wildman–Crippen LogP) is -10.5. The third-order valence-electron chi connectivity index (χ3n) is 0.998. The number of hydrogen-bond acceptors (Lipinski definition) is 6. The SMILES string of the molecule is CCC[O-].O.O=C([O-])C(O)C(O)C(=O)O.[K+].[Na+]. The van der Waals surface area contributed by atoms with Gasteiger partial charge in [0.2, 0.25) is 0 Å². The molecule has 0 rings (SSSR count). The van der Waals surface area contributed by atoms with E-state index in [0.717, 1.165) is 6.42 Å². The first kappa shape index (κ1) is 31.0. The molecule has 0 aromatic rings. The zero-order valence-electron chi connectivity index (χ0n) is 10.0. The van der Waals surface area contributed by atoms with E-state index in [1.54, 1.807) is 0 Å². The van der Waals surface area contributed by atoms with Crippen molar-refractivity contribution in [1.29, 1.82) is 0 Å². The average molecular weight is 288 g/mol. The maximum atomic E-state index is 9.74. The summed E-state index contributed by atoms with van der Waals surface area (Å²) in [7, 11) is 0. The standard InChI is InChI=1S/C4H6O6.C3H7O.K.Na.H2O/c5-1(3(7)8)2(6)4(9)10;1-2-3-4;;;/h1-2,5-6H,(H,7,8)(H,9,10);2-3H2,1H3;;;1H2/q;-1;2*+1;/p-1. The fourth-order valence-electron chi connectivity index (χ4n) is 0.264. The second-order valence-electron chi connectivity index (χ2n) is 2.25. The molecule has 0 saturated heterocycles. The summed E-state index contributed by atoms with van der Waals surface area (Å²) in [6.07, 6.45) is -3.94. The Morgan fingerprint density at radius 2 is 1.53 bits per heavy atom. The minimum absolute atomic E-state index is 0. The van der Waals surface area contributed by atoms with E-state index in [-0.39, 0.29) is 93.0 Å². The topological polar surface area (TPSA) is 172 Å². The Kier molecular flexibility index (Phi) is 36.1. The Morgan fingerprint density at radius 3 is 1.59 bits per heavy atom. The zero-order chi connectivity index (χ0) is 11.7. The first-order valence-corrected chi connectivity index (χ1v) is 3.76. The molecule has 92 valence electrons. The van der Waals surface area contributed by atoms with Crippen LogP contribution in [0.5, 0.6) is 0 Å². The number of carboxylic acids is 2. The molecule has 0 heterocycles. The summed E-state index contributed by atoms with van der Waals surface area (Å²) >= 11 is 0. The maximum absolute atomic E-state index is 9.74. The molecule has 5 N–H and O–H groups in total. The van der Waals surface area contributed by atoms with Crippen LogP contribution >= 0.6 is 0 Å². The molecule has 0 aliphatic carbocycles. The first-order valence-electron chi connectivity index (χ1n) is 3.76. The predicted molar refractivity (Wildman–Crippen MR) is 43.4 cm³/mol. The molecule has 2 unspecified atom stereocenters. The molecule has 0 aliphatic heterocycles. The van der Waals surface area contributed by atoms with Crippen molar-refractivity contribution in [3.63, 3.8) is 0 Å². The fourth-order valence-corrected chi connectivity index (χ4v) is 0.264. The first-order chi connectivity index (χ1) is 6.38. The fraction of sp³-hybridized carbons (Fsp3) is 0.714. The molecule has 0 aromatic heterocycles. The molecule has 10 heteroatoms. The Hall–Kier alpha value is 1.42. The van der Waals surface area contributed by atoms with Crippen molar-refractivity contribution in [2.24, 2.45) is 0 Å². The largest absolute Gasteiger partial charge is 1.00 e. The Balaban J connectivity index is -0.0000000607. The second kappa shape index (κ2) is 19.7. The van der Waals surface area contributed by atoms with Gasteiger partial charge in [-0.25, -0.2) is 4.79 Å². The number of hydrogen-bond donors (Lipinski definition) is 3. The zero-order valence-corrected chi connectivity index (χ0v) is 15.2. The minimum atomic E-state index is -2.38. The average Bonchev–Trinajstić information content (AvgIpc) is 2.15. The summed E-state index contributed by atoms with van der Waals surface area (Å²) < 4.78 is 0. The monoisotopic (exact) mass is 288 g/mol. The van der Waals surface area contributed by atoms with Crippen LogP contribution in [-0.2, 0) is 9.59 Å². The Bertz CT molecular complexity index is 171. The van der Waals surface area contributed by atoms with Crippen molar-refractivity contribution >= 4 is 11.9 Å². The van der Waals surface area contributed by atoms with E-state index in [1.807, 2.05) is 6.92 Å². The molecule has 8 nitrogen and oxygen atoms in total. The van der Waals surface area contributed by atoms with E-state index in [2.05, 4.69) is 0 Å². The minimum Gasteiger partial charge on any atom is -0.854 e. The number of carbonyl (C=O) groups is 2. The summed E-state index contributed by atoms with van der Waals surface area (Å²) in [6.45, 7) is 1.94. The van der Waals surface area contributed by atoms with Crippen molar-refractivity contribution in [1.82, 2.24) is 0 Å². The molecule has 0 saturated carbocycles. The van der Waals surface area contributed by atoms with Gasteiger partial charge in [-0.2, -0.15) is 0 Å². The van der Waals surface area contributed by atoms with Crippen molar-refractivity contribution in [2.45, 2.75) is 25.6 Å². The number of aliphatic hydroxyl groups excluding tert-OH is 2. The van der Waals surface area contributed by atoms with Crippen molar-refractivity contribution in [2.75, 3.05) is 6.61 Å². The van der Waals surface area contributed by atoms with Crippen LogP contribution < -0.4 is 91.2 Å². The van der Waals surface area contributed by atoms with Crippen LogP contribution in [0.1, 0.15) is 13.3 Å². The molecule has 0 amide bonds. The number of aliphatic hydroxyl groups is 2. The maximum Gasteiger partial charge on any atom is 1.00 e. The molecular weight excluding hydrogens is 274 g/mol. The van der Waals surface area contributed by atoms with Crippen LogP contribution in [0, 0.1) is 0 Å². The molecule has 0 spiro atoms. The van der Waals surface area contributed by atoms with Crippen molar-refractivity contribution in [3.05, 3.63) is 0 Å². The number of aliphatic carboxylic acids is 2. The number of carbonyl (C=O) groups excluding carboxylic acids is 1. The molecule has 0 bridgehead atoms. The summed E-state index contributed by atoms with van der Waals surface area (Å²) in [6, 6.07) is 0. The van der Waals surface area contributed by atoms with Gasteiger partial charge in [0.15, 0.2) is 6.10 Å². The molecule has 0 aromatic carbocycles. The van der Waals surface area contributed by atoms with Gasteiger partial charge in [0, 0.05) is 0 Å². The van der Waals surface area contributed by atoms with Gasteiger partial charge in [-0.3, -0.25) is 0 Å². The van der Waals surface area contributed by atoms with E-state index >= 15 is 0 Å². The molecular formula is C7H14KNaO8. The van der Waals surface area contributed by atoms with Gasteiger partial charge in [0.05, 0.1) is 5.97 Å². The molecule has 2 atom stereocenters. The Labute approximate surface area is 163 Å². The van der Waals surface area contributed by atoms with Gasteiger partial charge < -0.3 is 35.8 Å². The van der Waals surface area contributed by atoms with Gasteiger partial charge >= 0.3 is 86.9 Å². The second-order valence-corrected chi connectivity index (χ2v) is 2.25. The van der Waals surface area contributed by atoms with E-state index in [1.165, 1.54) is 0 Å².